The van der Waals surface area contributed by atoms with Gasteiger partial charge in [0.05, 0.1) is 6.54 Å². The summed E-state index contributed by atoms with van der Waals surface area (Å²) >= 11 is 5.88. The Morgan fingerprint density at radius 3 is 2.36 bits per heavy atom. The van der Waals surface area contributed by atoms with E-state index in [1.165, 1.54) is 6.33 Å². The monoisotopic (exact) mass is 353 g/mol. The highest BCUT2D eigenvalue weighted by molar-refractivity contribution is 6.30. The zero-order chi connectivity index (χ0) is 17.5. The molecule has 3 aromatic rings. The van der Waals surface area contributed by atoms with Gasteiger partial charge in [-0.25, -0.2) is 4.98 Å². The Hall–Kier alpha value is -2.81. The number of nitrogens with zero attached hydrogens (tertiary/aromatic N) is 3. The highest BCUT2D eigenvalue weighted by Crippen LogP contribution is 2.26. The maximum Gasteiger partial charge on any atom is 0.137 e. The van der Waals surface area contributed by atoms with Crippen molar-refractivity contribution in [2.24, 2.45) is 0 Å². The Morgan fingerprint density at radius 1 is 1.08 bits per heavy atom. The van der Waals surface area contributed by atoms with Crippen LogP contribution in [0.2, 0.25) is 5.02 Å². The van der Waals surface area contributed by atoms with Gasteiger partial charge in [-0.15, -0.1) is 6.42 Å². The summed E-state index contributed by atoms with van der Waals surface area (Å²) in [6, 6.07) is 14.9. The van der Waals surface area contributed by atoms with Crippen molar-refractivity contribution in [2.75, 3.05) is 6.61 Å². The highest BCUT2D eigenvalue weighted by Gasteiger charge is 2.13. The number of benzene rings is 2. The second-order valence-electron chi connectivity index (χ2n) is 5.25. The molecule has 0 saturated carbocycles. The van der Waals surface area contributed by atoms with Crippen LogP contribution in [0.3, 0.4) is 0 Å². The molecule has 0 N–H and O–H groups in total. The molecule has 0 aliphatic heterocycles. The van der Waals surface area contributed by atoms with Crippen LogP contribution < -0.4 is 4.74 Å². The molecule has 6 heteroatoms. The zero-order valence-electron chi connectivity index (χ0n) is 13.4. The molecule has 2 aromatic carbocycles. The number of rotatable bonds is 7. The van der Waals surface area contributed by atoms with Crippen LogP contribution in [0, 0.1) is 12.3 Å². The summed E-state index contributed by atoms with van der Waals surface area (Å²) in [7, 11) is 0. The van der Waals surface area contributed by atoms with Gasteiger partial charge in [0.1, 0.15) is 36.9 Å². The van der Waals surface area contributed by atoms with E-state index in [9.17, 15) is 0 Å². The second kappa shape index (κ2) is 8.34. The predicted octanol–water partition coefficient (Wildman–Crippen LogP) is 4.11. The summed E-state index contributed by atoms with van der Waals surface area (Å²) < 4.78 is 13.2. The molecule has 0 amide bonds. The fourth-order valence-electron chi connectivity index (χ4n) is 2.29. The largest absolute Gasteiger partial charge is 0.457 e. The van der Waals surface area contributed by atoms with Gasteiger partial charge in [-0.05, 0) is 42.0 Å². The molecule has 1 unspecified atom stereocenters. The number of hydrogen-bond donors (Lipinski definition) is 0. The molecule has 0 aliphatic carbocycles. The first kappa shape index (κ1) is 17.0. The Labute approximate surface area is 151 Å². The van der Waals surface area contributed by atoms with Gasteiger partial charge in [0.15, 0.2) is 0 Å². The van der Waals surface area contributed by atoms with E-state index in [0.29, 0.717) is 11.6 Å². The van der Waals surface area contributed by atoms with E-state index >= 15 is 0 Å². The van der Waals surface area contributed by atoms with Crippen molar-refractivity contribution < 1.29 is 9.47 Å². The third kappa shape index (κ3) is 4.83. The summed E-state index contributed by atoms with van der Waals surface area (Å²) in [6.07, 6.45) is 8.22. The molecule has 0 saturated heterocycles. The van der Waals surface area contributed by atoms with Gasteiger partial charge in [0.25, 0.3) is 0 Å². The summed E-state index contributed by atoms with van der Waals surface area (Å²) in [4.78, 5) is 3.94. The summed E-state index contributed by atoms with van der Waals surface area (Å²) in [6.45, 7) is 0.751. The van der Waals surface area contributed by atoms with Crippen molar-refractivity contribution in [2.45, 2.75) is 12.6 Å². The van der Waals surface area contributed by atoms with Crippen LogP contribution in [0.15, 0.2) is 61.2 Å². The van der Waals surface area contributed by atoms with Gasteiger partial charge < -0.3 is 9.47 Å². The molecule has 0 spiro atoms. The molecule has 5 nitrogen and oxygen atoms in total. The highest BCUT2D eigenvalue weighted by atomic mass is 35.5. The van der Waals surface area contributed by atoms with Crippen molar-refractivity contribution in [3.8, 4) is 23.8 Å². The van der Waals surface area contributed by atoms with E-state index in [4.69, 9.17) is 27.5 Å². The van der Waals surface area contributed by atoms with Crippen LogP contribution in [-0.2, 0) is 11.3 Å². The number of terminal acetylenes is 1. The average Bonchev–Trinajstić information content (AvgIpc) is 3.14. The molecule has 0 radical (unpaired) electrons. The molecule has 0 bridgehead atoms. The van der Waals surface area contributed by atoms with E-state index in [1.54, 1.807) is 23.1 Å². The third-order valence-electron chi connectivity index (χ3n) is 3.49. The average molecular weight is 354 g/mol. The van der Waals surface area contributed by atoms with E-state index < -0.39 is 0 Å². The molecule has 0 fully saturated rings. The van der Waals surface area contributed by atoms with Crippen molar-refractivity contribution in [1.82, 2.24) is 14.8 Å². The fourth-order valence-corrected chi connectivity index (χ4v) is 2.42. The van der Waals surface area contributed by atoms with Crippen LogP contribution in [0.25, 0.3) is 0 Å². The first-order chi connectivity index (χ1) is 12.2. The Bertz CT molecular complexity index is 825. The molecule has 3 rings (SSSR count). The number of ether oxygens (including phenoxy) is 2. The molecule has 25 heavy (non-hydrogen) atoms. The molecular weight excluding hydrogens is 338 g/mol. The summed E-state index contributed by atoms with van der Waals surface area (Å²) in [5.74, 6) is 3.94. The summed E-state index contributed by atoms with van der Waals surface area (Å²) in [5, 5.41) is 4.78. The minimum atomic E-state index is -0.220. The van der Waals surface area contributed by atoms with Crippen LogP contribution in [-0.4, -0.2) is 21.4 Å². The smallest absolute Gasteiger partial charge is 0.137 e. The zero-order valence-corrected chi connectivity index (χ0v) is 14.1. The molecule has 1 atom stereocenters. The number of hydrogen-bond acceptors (Lipinski definition) is 4. The van der Waals surface area contributed by atoms with E-state index in [0.717, 1.165) is 17.1 Å². The van der Waals surface area contributed by atoms with Crippen molar-refractivity contribution in [3.63, 3.8) is 0 Å². The van der Waals surface area contributed by atoms with Gasteiger partial charge in [-0.3, -0.25) is 4.68 Å². The van der Waals surface area contributed by atoms with Crippen LogP contribution in [0.1, 0.15) is 11.7 Å². The van der Waals surface area contributed by atoms with E-state index in [1.807, 2.05) is 36.4 Å². The van der Waals surface area contributed by atoms with Crippen LogP contribution in [0.5, 0.6) is 11.5 Å². The van der Waals surface area contributed by atoms with Gasteiger partial charge in [-0.1, -0.05) is 29.7 Å². The van der Waals surface area contributed by atoms with Crippen molar-refractivity contribution in [1.29, 1.82) is 0 Å². The Morgan fingerprint density at radius 2 is 1.76 bits per heavy atom. The fraction of sp³-hybridized carbons (Fsp3) is 0.158. The number of halogens is 1. The SMILES string of the molecule is C#CCOC(Cn1cncn1)c1ccc(Oc2ccc(Cl)cc2)cc1. The first-order valence-corrected chi connectivity index (χ1v) is 8.03. The van der Waals surface area contributed by atoms with Gasteiger partial charge in [0.2, 0.25) is 0 Å². The van der Waals surface area contributed by atoms with Gasteiger partial charge >= 0.3 is 0 Å². The molecule has 1 aromatic heterocycles. The molecule has 126 valence electrons. The normalized spacial score (nSPS) is 11.7. The predicted molar refractivity (Wildman–Crippen MR) is 95.5 cm³/mol. The van der Waals surface area contributed by atoms with Gasteiger partial charge in [-0.2, -0.15) is 5.10 Å². The Kier molecular flexibility index (Phi) is 5.68. The minimum absolute atomic E-state index is 0.220. The van der Waals surface area contributed by atoms with Gasteiger partial charge in [0, 0.05) is 5.02 Å². The van der Waals surface area contributed by atoms with Crippen molar-refractivity contribution in [3.05, 3.63) is 71.8 Å². The minimum Gasteiger partial charge on any atom is -0.457 e. The van der Waals surface area contributed by atoms with Crippen LogP contribution in [0.4, 0.5) is 0 Å². The molecule has 1 heterocycles. The van der Waals surface area contributed by atoms with E-state index in [2.05, 4.69) is 16.0 Å². The standard InChI is InChI=1S/C19H16ClN3O2/c1-2-11-24-19(12-23-14-21-13-22-23)15-3-7-17(8-4-15)25-18-9-5-16(20)6-10-18/h1,3-10,13-14,19H,11-12H2. The number of aromatic nitrogens is 3. The quantitative estimate of drug-likeness (QED) is 0.600. The second-order valence-corrected chi connectivity index (χ2v) is 5.68. The lowest BCUT2D eigenvalue weighted by Crippen LogP contribution is -2.13. The van der Waals surface area contributed by atoms with Crippen molar-refractivity contribution >= 4 is 11.6 Å². The van der Waals surface area contributed by atoms with Crippen LogP contribution >= 0.6 is 11.6 Å². The molecular formula is C19H16ClN3O2. The Balaban J connectivity index is 1.71. The lowest BCUT2D eigenvalue weighted by molar-refractivity contribution is 0.0612. The third-order valence-corrected chi connectivity index (χ3v) is 3.74. The maximum atomic E-state index is 5.88. The summed E-state index contributed by atoms with van der Waals surface area (Å²) in [5.41, 5.74) is 0.981. The lowest BCUT2D eigenvalue weighted by Gasteiger charge is -2.17. The topological polar surface area (TPSA) is 49.2 Å². The van der Waals surface area contributed by atoms with E-state index in [-0.39, 0.29) is 12.7 Å². The first-order valence-electron chi connectivity index (χ1n) is 7.65. The molecule has 0 aliphatic rings. The maximum absolute atomic E-state index is 5.88. The lowest BCUT2D eigenvalue weighted by atomic mass is 10.1.